The smallest absolute Gasteiger partial charge is 0.280 e. The Morgan fingerprint density at radius 2 is 1.56 bits per heavy atom. The second-order valence-corrected chi connectivity index (χ2v) is 7.70. The van der Waals surface area contributed by atoms with Crippen molar-refractivity contribution in [3.05, 3.63) is 90.0 Å². The molecule has 3 aromatic rings. The quantitative estimate of drug-likeness (QED) is 0.288. The van der Waals surface area contributed by atoms with E-state index in [0.717, 1.165) is 23.4 Å². The topological polar surface area (TPSA) is 60.4 Å². The van der Waals surface area contributed by atoms with E-state index in [4.69, 9.17) is 14.2 Å². The molecular formula is C28H28N2O4. The lowest BCUT2D eigenvalue weighted by molar-refractivity contribution is -0.114. The molecule has 0 bridgehead atoms. The summed E-state index contributed by atoms with van der Waals surface area (Å²) in [5.74, 6) is 2.00. The second kappa shape index (κ2) is 11.2. The molecule has 174 valence electrons. The summed E-state index contributed by atoms with van der Waals surface area (Å²) in [5, 5.41) is 5.87. The van der Waals surface area contributed by atoms with Gasteiger partial charge in [0, 0.05) is 6.42 Å². The number of hydrogen-bond donors (Lipinski definition) is 0. The monoisotopic (exact) mass is 456 g/mol. The van der Waals surface area contributed by atoms with Crippen molar-refractivity contribution in [3.63, 3.8) is 0 Å². The van der Waals surface area contributed by atoms with Gasteiger partial charge in [-0.15, -0.1) is 0 Å². The average molecular weight is 457 g/mol. The van der Waals surface area contributed by atoms with Crippen LogP contribution in [0.2, 0.25) is 0 Å². The minimum atomic E-state index is -0.152. The van der Waals surface area contributed by atoms with Gasteiger partial charge in [-0.05, 0) is 61.9 Å². The number of carbonyl (C=O) groups is 1. The van der Waals surface area contributed by atoms with Crippen LogP contribution >= 0.6 is 0 Å². The summed E-state index contributed by atoms with van der Waals surface area (Å²) in [4.78, 5) is 13.0. The molecule has 0 fully saturated rings. The minimum absolute atomic E-state index is 0.152. The van der Waals surface area contributed by atoms with E-state index < -0.39 is 0 Å². The van der Waals surface area contributed by atoms with Crippen LogP contribution < -0.4 is 19.2 Å². The lowest BCUT2D eigenvalue weighted by atomic mass is 10.1. The number of rotatable bonds is 10. The van der Waals surface area contributed by atoms with Crippen LogP contribution in [0.5, 0.6) is 17.2 Å². The van der Waals surface area contributed by atoms with Crippen molar-refractivity contribution in [3.8, 4) is 17.2 Å². The van der Waals surface area contributed by atoms with Gasteiger partial charge in [0.25, 0.3) is 5.91 Å². The maximum Gasteiger partial charge on any atom is 0.280 e. The van der Waals surface area contributed by atoms with Crippen LogP contribution in [0.1, 0.15) is 25.8 Å². The third-order valence-corrected chi connectivity index (χ3v) is 5.20. The van der Waals surface area contributed by atoms with Crippen molar-refractivity contribution >= 4 is 23.4 Å². The van der Waals surface area contributed by atoms with Gasteiger partial charge in [-0.25, -0.2) is 0 Å². The molecule has 0 aliphatic carbocycles. The predicted molar refractivity (Wildman–Crippen MR) is 135 cm³/mol. The van der Waals surface area contributed by atoms with Crippen LogP contribution in [0, 0.1) is 0 Å². The number of anilines is 1. The van der Waals surface area contributed by atoms with Gasteiger partial charge in [-0.2, -0.15) is 10.1 Å². The first-order valence-electron chi connectivity index (χ1n) is 11.4. The molecule has 6 heteroatoms. The Labute approximate surface area is 200 Å². The largest absolute Gasteiger partial charge is 0.493 e. The molecular weight excluding hydrogens is 428 g/mol. The molecule has 0 saturated heterocycles. The van der Waals surface area contributed by atoms with Crippen LogP contribution in [0.3, 0.4) is 0 Å². The van der Waals surface area contributed by atoms with E-state index in [1.807, 2.05) is 98.8 Å². The molecule has 0 radical (unpaired) electrons. The average Bonchev–Trinajstić information content (AvgIpc) is 3.14. The van der Waals surface area contributed by atoms with Gasteiger partial charge in [0.2, 0.25) is 0 Å². The Bertz CT molecular complexity index is 1170. The van der Waals surface area contributed by atoms with E-state index in [2.05, 4.69) is 5.10 Å². The highest BCUT2D eigenvalue weighted by molar-refractivity contribution is 6.32. The van der Waals surface area contributed by atoms with Gasteiger partial charge in [-0.3, -0.25) is 4.79 Å². The number of ether oxygens (including phenoxy) is 3. The van der Waals surface area contributed by atoms with Gasteiger partial charge in [0.15, 0.2) is 11.5 Å². The van der Waals surface area contributed by atoms with E-state index >= 15 is 0 Å². The fourth-order valence-corrected chi connectivity index (χ4v) is 3.54. The standard InChI is InChI=1S/C28H28N2O4/c1-3-32-27-20-22(15-16-26(27)34-18-10-17-33-24-13-8-5-9-14-24)19-25-21(2)29-30(28(25)31)23-11-6-4-7-12-23/h4-9,11-16,19-20H,3,10,17-18H2,1-2H3/b25-19+. The molecule has 0 spiro atoms. The Morgan fingerprint density at radius 3 is 2.29 bits per heavy atom. The SMILES string of the molecule is CCOc1cc(/C=C2/C(=O)N(c3ccccc3)N=C2C)ccc1OCCCOc1ccccc1. The maximum absolute atomic E-state index is 13.0. The number of hydrazone groups is 1. The van der Waals surface area contributed by atoms with Gasteiger partial charge in [-0.1, -0.05) is 42.5 Å². The molecule has 0 unspecified atom stereocenters. The molecule has 0 atom stereocenters. The lowest BCUT2D eigenvalue weighted by Crippen LogP contribution is -2.21. The van der Waals surface area contributed by atoms with Crippen molar-refractivity contribution in [1.82, 2.24) is 0 Å². The van der Waals surface area contributed by atoms with Crippen molar-refractivity contribution in [1.29, 1.82) is 0 Å². The molecule has 0 N–H and O–H groups in total. The van der Waals surface area contributed by atoms with Crippen LogP contribution in [-0.4, -0.2) is 31.4 Å². The molecule has 1 aliphatic rings. The van der Waals surface area contributed by atoms with Crippen LogP contribution in [0.15, 0.2) is 89.5 Å². The zero-order valence-corrected chi connectivity index (χ0v) is 19.4. The maximum atomic E-state index is 13.0. The second-order valence-electron chi connectivity index (χ2n) is 7.70. The van der Waals surface area contributed by atoms with E-state index in [0.29, 0.717) is 42.6 Å². The van der Waals surface area contributed by atoms with Crippen molar-refractivity contribution < 1.29 is 19.0 Å². The zero-order valence-electron chi connectivity index (χ0n) is 19.4. The third-order valence-electron chi connectivity index (χ3n) is 5.20. The van der Waals surface area contributed by atoms with Gasteiger partial charge in [0.1, 0.15) is 5.75 Å². The van der Waals surface area contributed by atoms with E-state index in [1.54, 1.807) is 0 Å². The summed E-state index contributed by atoms with van der Waals surface area (Å²) in [7, 11) is 0. The molecule has 0 aromatic heterocycles. The summed E-state index contributed by atoms with van der Waals surface area (Å²) in [5.41, 5.74) is 2.81. The predicted octanol–water partition coefficient (Wildman–Crippen LogP) is 5.74. The number of hydrogen-bond acceptors (Lipinski definition) is 5. The summed E-state index contributed by atoms with van der Waals surface area (Å²) < 4.78 is 17.5. The Morgan fingerprint density at radius 1 is 0.853 bits per heavy atom. The summed E-state index contributed by atoms with van der Waals surface area (Å²) >= 11 is 0. The first-order chi connectivity index (χ1) is 16.7. The van der Waals surface area contributed by atoms with Gasteiger partial charge < -0.3 is 14.2 Å². The van der Waals surface area contributed by atoms with Crippen LogP contribution in [-0.2, 0) is 4.79 Å². The first kappa shape index (κ1) is 23.1. The molecule has 1 aliphatic heterocycles. The first-order valence-corrected chi connectivity index (χ1v) is 11.4. The number of amides is 1. The molecule has 34 heavy (non-hydrogen) atoms. The molecule has 0 saturated carbocycles. The molecule has 1 amide bonds. The van der Waals surface area contributed by atoms with E-state index in [1.165, 1.54) is 5.01 Å². The summed E-state index contributed by atoms with van der Waals surface area (Å²) in [6.45, 7) is 5.35. The number of benzene rings is 3. The highest BCUT2D eigenvalue weighted by Gasteiger charge is 2.28. The van der Waals surface area contributed by atoms with Crippen LogP contribution in [0.25, 0.3) is 6.08 Å². The van der Waals surface area contributed by atoms with Gasteiger partial charge >= 0.3 is 0 Å². The minimum Gasteiger partial charge on any atom is -0.493 e. The fourth-order valence-electron chi connectivity index (χ4n) is 3.54. The Hall–Kier alpha value is -4.06. The van der Waals surface area contributed by atoms with Crippen molar-refractivity contribution in [2.75, 3.05) is 24.8 Å². The highest BCUT2D eigenvalue weighted by atomic mass is 16.5. The Balaban J connectivity index is 1.41. The van der Waals surface area contributed by atoms with Crippen molar-refractivity contribution in [2.24, 2.45) is 5.10 Å². The lowest BCUT2D eigenvalue weighted by Gasteiger charge is -2.13. The van der Waals surface area contributed by atoms with E-state index in [9.17, 15) is 4.79 Å². The highest BCUT2D eigenvalue weighted by Crippen LogP contribution is 2.31. The summed E-state index contributed by atoms with van der Waals surface area (Å²) in [6.07, 6.45) is 2.58. The van der Waals surface area contributed by atoms with E-state index in [-0.39, 0.29) is 5.91 Å². The molecule has 4 rings (SSSR count). The summed E-state index contributed by atoms with van der Waals surface area (Å²) in [6, 6.07) is 24.8. The zero-order chi connectivity index (χ0) is 23.8. The van der Waals surface area contributed by atoms with Crippen molar-refractivity contribution in [2.45, 2.75) is 20.3 Å². The number of carbonyl (C=O) groups excluding carboxylic acids is 1. The molecule has 1 heterocycles. The number of nitrogens with zero attached hydrogens (tertiary/aromatic N) is 2. The third kappa shape index (κ3) is 5.64. The fraction of sp³-hybridized carbons (Fsp3) is 0.214. The van der Waals surface area contributed by atoms with Crippen LogP contribution in [0.4, 0.5) is 5.69 Å². The normalized spacial score (nSPS) is 14.3. The van der Waals surface area contributed by atoms with Gasteiger partial charge in [0.05, 0.1) is 36.8 Å². The molecule has 3 aromatic carbocycles. The molecule has 6 nitrogen and oxygen atoms in total. The Kier molecular flexibility index (Phi) is 7.60. The number of para-hydroxylation sites is 2.